The van der Waals surface area contributed by atoms with Gasteiger partial charge in [-0.25, -0.2) is 14.4 Å². The van der Waals surface area contributed by atoms with Gasteiger partial charge >= 0.3 is 0 Å². The van der Waals surface area contributed by atoms with E-state index in [0.717, 1.165) is 5.75 Å². The fraction of sp³-hybridized carbons (Fsp3) is 0.421. The number of carbonyl (C=O) groups excluding carboxylic acids is 1. The van der Waals surface area contributed by atoms with Crippen LogP contribution in [0.1, 0.15) is 23.8 Å². The second kappa shape index (κ2) is 7.21. The lowest BCUT2D eigenvalue weighted by atomic mass is 9.73. The van der Waals surface area contributed by atoms with E-state index in [1.807, 2.05) is 6.92 Å². The van der Waals surface area contributed by atoms with Crippen LogP contribution in [0.4, 0.5) is 10.1 Å². The Morgan fingerprint density at radius 3 is 3.00 bits per heavy atom. The lowest BCUT2D eigenvalue weighted by molar-refractivity contribution is 0.0960. The molecule has 9 heteroatoms. The second-order valence-electron chi connectivity index (χ2n) is 7.15. The summed E-state index contributed by atoms with van der Waals surface area (Å²) in [5, 5.41) is 3.23. The van der Waals surface area contributed by atoms with Crippen LogP contribution in [0, 0.1) is 5.92 Å². The van der Waals surface area contributed by atoms with E-state index in [-0.39, 0.29) is 30.0 Å². The highest BCUT2D eigenvalue weighted by Crippen LogP contribution is 2.48. The van der Waals surface area contributed by atoms with Crippen molar-refractivity contribution in [3.63, 3.8) is 0 Å². The number of nitrogens with zero attached hydrogens (tertiary/aromatic N) is 2. The van der Waals surface area contributed by atoms with E-state index in [9.17, 15) is 4.79 Å². The fourth-order valence-corrected chi connectivity index (χ4v) is 4.94. The summed E-state index contributed by atoms with van der Waals surface area (Å²) in [6.45, 7) is 2.41. The summed E-state index contributed by atoms with van der Waals surface area (Å²) in [6, 6.07) is 3.15. The van der Waals surface area contributed by atoms with Crippen LogP contribution in [0.15, 0.2) is 46.7 Å². The molecule has 3 unspecified atom stereocenters. The SMILES string of the molecule is C[C@H]1OCC2CSC(N)=NC21C1=CC(NC(=O)c2ccc(N)cn2)=CCC1F. The molecular weight excluding hydrogens is 381 g/mol. The zero-order chi connectivity index (χ0) is 19.9. The summed E-state index contributed by atoms with van der Waals surface area (Å²) in [5.74, 6) is 0.383. The number of thioether (sulfide) groups is 1. The molecule has 1 aliphatic carbocycles. The Bertz CT molecular complexity index is 885. The predicted molar refractivity (Wildman–Crippen MR) is 108 cm³/mol. The molecule has 4 atom stereocenters. The molecule has 1 saturated heterocycles. The van der Waals surface area contributed by atoms with E-state index in [2.05, 4.69) is 15.3 Å². The molecule has 0 bridgehead atoms. The number of allylic oxidation sites excluding steroid dienone is 2. The van der Waals surface area contributed by atoms with Crippen LogP contribution in [0.2, 0.25) is 0 Å². The van der Waals surface area contributed by atoms with Crippen LogP contribution in [0.3, 0.4) is 0 Å². The normalized spacial score (nSPS) is 32.1. The van der Waals surface area contributed by atoms with Crippen molar-refractivity contribution in [3.05, 3.63) is 47.4 Å². The minimum atomic E-state index is -1.21. The zero-order valence-electron chi connectivity index (χ0n) is 15.4. The monoisotopic (exact) mass is 403 g/mol. The molecule has 4 rings (SSSR count). The van der Waals surface area contributed by atoms with Gasteiger partial charge in [-0.15, -0.1) is 0 Å². The van der Waals surface area contributed by atoms with Crippen LogP contribution >= 0.6 is 11.8 Å². The highest BCUT2D eigenvalue weighted by atomic mass is 32.2. The minimum Gasteiger partial charge on any atom is -0.397 e. The third kappa shape index (κ3) is 3.18. The van der Waals surface area contributed by atoms with Gasteiger partial charge in [0, 0.05) is 23.8 Å². The number of amidine groups is 1. The summed E-state index contributed by atoms with van der Waals surface area (Å²) in [5.41, 5.74) is 12.5. The van der Waals surface area contributed by atoms with Crippen molar-refractivity contribution in [1.82, 2.24) is 10.3 Å². The number of carbonyl (C=O) groups is 1. The van der Waals surface area contributed by atoms with Gasteiger partial charge in [-0.3, -0.25) is 4.79 Å². The predicted octanol–water partition coefficient (Wildman–Crippen LogP) is 1.78. The fourth-order valence-electron chi connectivity index (χ4n) is 4.00. The molecule has 148 valence electrons. The summed E-state index contributed by atoms with van der Waals surface area (Å²) in [4.78, 5) is 21.2. The Labute approximate surface area is 166 Å². The number of nitrogens with two attached hydrogens (primary N) is 2. The lowest BCUT2D eigenvalue weighted by Gasteiger charge is -2.40. The molecule has 5 N–H and O–H groups in total. The van der Waals surface area contributed by atoms with Gasteiger partial charge in [-0.05, 0) is 30.7 Å². The maximum absolute atomic E-state index is 15.0. The number of hydrogen-bond acceptors (Lipinski definition) is 7. The van der Waals surface area contributed by atoms with Crippen LogP contribution in [0.25, 0.3) is 0 Å². The molecule has 3 aliphatic rings. The van der Waals surface area contributed by atoms with Gasteiger partial charge in [0.1, 0.15) is 17.4 Å². The Kier molecular flexibility index (Phi) is 4.88. The zero-order valence-corrected chi connectivity index (χ0v) is 16.2. The van der Waals surface area contributed by atoms with Gasteiger partial charge in [0.2, 0.25) is 0 Å². The number of pyridine rings is 1. The Morgan fingerprint density at radius 2 is 2.25 bits per heavy atom. The lowest BCUT2D eigenvalue weighted by Crippen LogP contribution is -2.50. The van der Waals surface area contributed by atoms with Crippen LogP contribution < -0.4 is 16.8 Å². The van der Waals surface area contributed by atoms with E-state index in [1.165, 1.54) is 18.0 Å². The highest BCUT2D eigenvalue weighted by molar-refractivity contribution is 8.13. The number of nitrogen functional groups attached to an aromatic ring is 1. The van der Waals surface area contributed by atoms with Crippen molar-refractivity contribution >= 4 is 28.5 Å². The maximum Gasteiger partial charge on any atom is 0.274 e. The first kappa shape index (κ1) is 18.9. The third-order valence-corrected chi connectivity index (χ3v) is 6.41. The van der Waals surface area contributed by atoms with Crippen LogP contribution in [0.5, 0.6) is 0 Å². The first-order valence-corrected chi connectivity index (χ1v) is 10.1. The number of fused-ring (bicyclic) bond motifs is 1. The number of aromatic nitrogens is 1. The van der Waals surface area contributed by atoms with Crippen molar-refractivity contribution in [1.29, 1.82) is 0 Å². The number of rotatable bonds is 3. The van der Waals surface area contributed by atoms with E-state index in [1.54, 1.807) is 24.3 Å². The molecule has 1 aromatic heterocycles. The second-order valence-corrected chi connectivity index (χ2v) is 8.19. The highest BCUT2D eigenvalue weighted by Gasteiger charge is 2.55. The number of nitrogens with one attached hydrogen (secondary N) is 1. The van der Waals surface area contributed by atoms with Gasteiger partial charge in [0.15, 0.2) is 5.17 Å². The van der Waals surface area contributed by atoms with E-state index in [0.29, 0.717) is 28.7 Å². The summed E-state index contributed by atoms with van der Waals surface area (Å²) >= 11 is 1.47. The molecule has 0 aromatic carbocycles. The number of alkyl halides is 1. The van der Waals surface area contributed by atoms with Crippen LogP contribution in [-0.2, 0) is 4.74 Å². The molecular formula is C19H22FN5O2S. The Balaban J connectivity index is 1.64. The standard InChI is InChI=1S/C19H22FN5O2S/c1-10-19(11(8-27-10)9-28-18(22)25-19)14-6-13(3-4-15(14)20)24-17(26)16-5-2-12(21)7-23-16/h2-3,5-7,10-11,15H,4,8-9,21H2,1H3,(H2,22,25)(H,24,26)/t10-,11?,15?,19?/m1/s1. The Hall–Kier alpha value is -2.39. The molecule has 1 fully saturated rings. The van der Waals surface area contributed by atoms with Crippen molar-refractivity contribution in [2.24, 2.45) is 16.6 Å². The summed E-state index contributed by atoms with van der Waals surface area (Å²) < 4.78 is 20.9. The van der Waals surface area contributed by atoms with E-state index in [4.69, 9.17) is 16.2 Å². The third-order valence-electron chi connectivity index (χ3n) is 5.45. The topological polar surface area (TPSA) is 116 Å². The maximum atomic E-state index is 15.0. The average molecular weight is 403 g/mol. The molecule has 1 amide bonds. The van der Waals surface area contributed by atoms with E-state index >= 15 is 4.39 Å². The minimum absolute atomic E-state index is 0.0399. The molecule has 2 aliphatic heterocycles. The van der Waals surface area contributed by atoms with Crippen molar-refractivity contribution in [3.8, 4) is 0 Å². The van der Waals surface area contributed by atoms with Crippen molar-refractivity contribution < 1.29 is 13.9 Å². The van der Waals surface area contributed by atoms with Gasteiger partial charge < -0.3 is 21.5 Å². The molecule has 7 nitrogen and oxygen atoms in total. The quantitative estimate of drug-likeness (QED) is 0.709. The van der Waals surface area contributed by atoms with Gasteiger partial charge in [-0.1, -0.05) is 17.8 Å². The van der Waals surface area contributed by atoms with Crippen molar-refractivity contribution in [2.75, 3.05) is 18.1 Å². The molecule has 0 spiro atoms. The molecule has 3 heterocycles. The number of aliphatic imine (C=N–C) groups is 1. The Morgan fingerprint density at radius 1 is 1.43 bits per heavy atom. The van der Waals surface area contributed by atoms with Gasteiger partial charge in [0.05, 0.1) is 24.6 Å². The van der Waals surface area contributed by atoms with Gasteiger partial charge in [0.25, 0.3) is 5.91 Å². The summed E-state index contributed by atoms with van der Waals surface area (Å²) in [7, 11) is 0. The van der Waals surface area contributed by atoms with Crippen molar-refractivity contribution in [2.45, 2.75) is 31.2 Å². The number of ether oxygens (including phenoxy) is 1. The molecule has 1 aromatic rings. The number of amides is 1. The molecule has 28 heavy (non-hydrogen) atoms. The number of halogens is 1. The number of anilines is 1. The average Bonchev–Trinajstić information content (AvgIpc) is 3.00. The first-order valence-electron chi connectivity index (χ1n) is 9.09. The molecule has 0 saturated carbocycles. The van der Waals surface area contributed by atoms with Gasteiger partial charge in [-0.2, -0.15) is 0 Å². The first-order chi connectivity index (χ1) is 13.4. The summed E-state index contributed by atoms with van der Waals surface area (Å²) in [6.07, 6.45) is 3.41. The number of hydrogen-bond donors (Lipinski definition) is 3. The van der Waals surface area contributed by atoms with E-state index < -0.39 is 11.7 Å². The smallest absolute Gasteiger partial charge is 0.274 e. The molecule has 0 radical (unpaired) electrons. The largest absolute Gasteiger partial charge is 0.397 e. The van der Waals surface area contributed by atoms with Crippen LogP contribution in [-0.4, -0.2) is 46.2 Å².